The number of hydrogen-bond acceptors (Lipinski definition) is 4. The van der Waals surface area contributed by atoms with E-state index in [1.807, 2.05) is 39.1 Å². The number of benzene rings is 1. The Morgan fingerprint density at radius 2 is 1.97 bits per heavy atom. The first kappa shape index (κ1) is 22.5. The van der Waals surface area contributed by atoms with Gasteiger partial charge < -0.3 is 20.1 Å². The van der Waals surface area contributed by atoms with Crippen LogP contribution in [0.25, 0.3) is 5.57 Å². The number of aryl methyl sites for hydroxylation is 1. The molecule has 1 aliphatic carbocycles. The SMILES string of the molecule is CC.CCOC(=O)N1CCC(=C2c3ccc(O)cc3CCC3=CC(Br)=CNC32)CC1. The van der Waals surface area contributed by atoms with Crippen LogP contribution in [0.1, 0.15) is 51.2 Å². The van der Waals surface area contributed by atoms with Gasteiger partial charge in [-0.3, -0.25) is 0 Å². The molecule has 6 heteroatoms. The van der Waals surface area contributed by atoms with Gasteiger partial charge in [0.2, 0.25) is 0 Å². The van der Waals surface area contributed by atoms with Gasteiger partial charge in [0.05, 0.1) is 12.6 Å². The van der Waals surface area contributed by atoms with Gasteiger partial charge >= 0.3 is 6.09 Å². The van der Waals surface area contributed by atoms with Crippen LogP contribution >= 0.6 is 15.9 Å². The molecule has 1 saturated heterocycles. The molecule has 3 aliphatic rings. The minimum atomic E-state index is -0.221. The second kappa shape index (κ2) is 10.2. The third kappa shape index (κ3) is 4.75. The number of phenolic OH excluding ortho intramolecular Hbond substituents is 1. The Hall–Kier alpha value is -2.21. The zero-order valence-corrected chi connectivity index (χ0v) is 19.6. The van der Waals surface area contributed by atoms with Crippen LogP contribution in [0.15, 0.2) is 46.1 Å². The number of amides is 1. The molecule has 2 aliphatic heterocycles. The van der Waals surface area contributed by atoms with Gasteiger partial charge in [0.15, 0.2) is 0 Å². The standard InChI is InChI=1S/C22H25BrN2O3.C2H6/c1-2-28-22(27)25-9-7-14(8-10-25)20-19-6-5-18(26)12-15(19)3-4-16-11-17(23)13-24-21(16)20;1-2/h5-6,11-13,21,24,26H,2-4,7-10H2,1H3;1-2H3. The number of carbonyl (C=O) groups excluding carboxylic acids is 1. The molecule has 1 aromatic rings. The number of halogens is 1. The minimum Gasteiger partial charge on any atom is -0.508 e. The van der Waals surface area contributed by atoms with Crippen molar-refractivity contribution in [3.05, 3.63) is 57.2 Å². The summed E-state index contributed by atoms with van der Waals surface area (Å²) in [4.78, 5) is 13.9. The normalized spacial score (nSPS) is 20.4. The average molecular weight is 475 g/mol. The van der Waals surface area contributed by atoms with E-state index in [2.05, 4.69) is 27.3 Å². The van der Waals surface area contributed by atoms with E-state index in [9.17, 15) is 9.90 Å². The Bertz CT molecular complexity index is 878. The third-order valence-corrected chi connectivity index (χ3v) is 6.16. The van der Waals surface area contributed by atoms with Gasteiger partial charge in [-0.05, 0) is 89.0 Å². The van der Waals surface area contributed by atoms with Gasteiger partial charge in [-0.15, -0.1) is 0 Å². The first-order valence-corrected chi connectivity index (χ1v) is 11.6. The molecule has 4 rings (SSSR count). The Morgan fingerprint density at radius 3 is 2.67 bits per heavy atom. The molecule has 2 N–H and O–H groups in total. The van der Waals surface area contributed by atoms with E-state index in [0.717, 1.165) is 30.2 Å². The number of ether oxygens (including phenoxy) is 1. The number of dihydropyridines is 1. The number of aromatic hydroxyl groups is 1. The maximum Gasteiger partial charge on any atom is 0.409 e. The van der Waals surface area contributed by atoms with Crippen molar-refractivity contribution >= 4 is 27.6 Å². The van der Waals surface area contributed by atoms with E-state index < -0.39 is 0 Å². The van der Waals surface area contributed by atoms with Crippen molar-refractivity contribution in [2.75, 3.05) is 19.7 Å². The lowest BCUT2D eigenvalue weighted by Crippen LogP contribution is -2.38. The number of nitrogens with zero attached hydrogens (tertiary/aromatic N) is 1. The van der Waals surface area contributed by atoms with Crippen LogP contribution in [0, 0.1) is 0 Å². The number of rotatable bonds is 1. The Morgan fingerprint density at radius 1 is 1.23 bits per heavy atom. The van der Waals surface area contributed by atoms with E-state index >= 15 is 0 Å². The lowest BCUT2D eigenvalue weighted by atomic mass is 9.85. The van der Waals surface area contributed by atoms with Crippen molar-refractivity contribution in [1.82, 2.24) is 10.2 Å². The highest BCUT2D eigenvalue weighted by Gasteiger charge is 2.31. The molecule has 30 heavy (non-hydrogen) atoms. The molecular weight excluding hydrogens is 444 g/mol. The molecular formula is C24H31BrN2O3. The van der Waals surface area contributed by atoms with E-state index in [1.54, 1.807) is 11.0 Å². The van der Waals surface area contributed by atoms with Crippen molar-refractivity contribution < 1.29 is 14.6 Å². The summed E-state index contributed by atoms with van der Waals surface area (Å²) in [5.41, 5.74) is 6.43. The fraction of sp³-hybridized carbons (Fsp3) is 0.458. The average Bonchev–Trinajstić information content (AvgIpc) is 2.91. The number of hydrogen-bond donors (Lipinski definition) is 2. The van der Waals surface area contributed by atoms with Gasteiger partial charge in [0.25, 0.3) is 0 Å². The van der Waals surface area contributed by atoms with Crippen LogP contribution in [0.4, 0.5) is 4.79 Å². The number of likely N-dealkylation sites (tertiary alicyclic amines) is 1. The first-order chi connectivity index (χ1) is 14.6. The number of nitrogens with one attached hydrogen (secondary N) is 1. The molecule has 0 spiro atoms. The number of carbonyl (C=O) groups is 1. The maximum absolute atomic E-state index is 12.1. The molecule has 0 saturated carbocycles. The Labute approximate surface area is 187 Å². The highest BCUT2D eigenvalue weighted by molar-refractivity contribution is 9.11. The van der Waals surface area contributed by atoms with Crippen molar-refractivity contribution in [2.24, 2.45) is 0 Å². The van der Waals surface area contributed by atoms with Crippen LogP contribution in [-0.4, -0.2) is 41.8 Å². The summed E-state index contributed by atoms with van der Waals surface area (Å²) in [6.07, 6.45) is 7.52. The molecule has 0 bridgehead atoms. The van der Waals surface area contributed by atoms with Crippen LogP contribution in [0.5, 0.6) is 5.75 Å². The summed E-state index contributed by atoms with van der Waals surface area (Å²) < 4.78 is 6.21. The molecule has 2 heterocycles. The smallest absolute Gasteiger partial charge is 0.409 e. The van der Waals surface area contributed by atoms with Crippen molar-refractivity contribution in [2.45, 2.75) is 52.5 Å². The molecule has 1 fully saturated rings. The van der Waals surface area contributed by atoms with Gasteiger partial charge in [-0.25, -0.2) is 4.79 Å². The summed E-state index contributed by atoms with van der Waals surface area (Å²) in [6.45, 7) is 7.59. The summed E-state index contributed by atoms with van der Waals surface area (Å²) >= 11 is 3.59. The lowest BCUT2D eigenvalue weighted by molar-refractivity contribution is 0.104. The largest absolute Gasteiger partial charge is 0.508 e. The Kier molecular flexibility index (Phi) is 7.64. The number of phenols is 1. The van der Waals surface area contributed by atoms with Gasteiger partial charge in [0, 0.05) is 23.8 Å². The topological polar surface area (TPSA) is 61.8 Å². The second-order valence-corrected chi connectivity index (χ2v) is 8.31. The van der Waals surface area contributed by atoms with Crippen molar-refractivity contribution in [3.63, 3.8) is 0 Å². The number of piperidine rings is 1. The minimum absolute atomic E-state index is 0.135. The predicted molar refractivity (Wildman–Crippen MR) is 125 cm³/mol. The molecule has 162 valence electrons. The Balaban J connectivity index is 0.00000124. The first-order valence-electron chi connectivity index (χ1n) is 10.8. The summed E-state index contributed by atoms with van der Waals surface area (Å²) in [7, 11) is 0. The monoisotopic (exact) mass is 474 g/mol. The van der Waals surface area contributed by atoms with Crippen LogP contribution < -0.4 is 5.32 Å². The fourth-order valence-corrected chi connectivity index (χ4v) is 4.81. The molecule has 5 nitrogen and oxygen atoms in total. The molecule has 0 radical (unpaired) electrons. The fourth-order valence-electron chi connectivity index (χ4n) is 4.38. The van der Waals surface area contributed by atoms with E-state index in [-0.39, 0.29) is 12.1 Å². The van der Waals surface area contributed by atoms with E-state index in [0.29, 0.717) is 25.4 Å². The van der Waals surface area contributed by atoms with Gasteiger partial charge in [-0.1, -0.05) is 25.5 Å². The van der Waals surface area contributed by atoms with Crippen LogP contribution in [0.3, 0.4) is 0 Å². The van der Waals surface area contributed by atoms with Gasteiger partial charge in [0.1, 0.15) is 5.75 Å². The predicted octanol–water partition coefficient (Wildman–Crippen LogP) is 5.51. The second-order valence-electron chi connectivity index (χ2n) is 7.39. The molecule has 1 aromatic carbocycles. The van der Waals surface area contributed by atoms with Crippen molar-refractivity contribution in [1.29, 1.82) is 0 Å². The number of fused-ring (bicyclic) bond motifs is 2. The highest BCUT2D eigenvalue weighted by atomic mass is 79.9. The van der Waals surface area contributed by atoms with Crippen molar-refractivity contribution in [3.8, 4) is 5.75 Å². The summed E-state index contributed by atoms with van der Waals surface area (Å²) in [5, 5.41) is 13.6. The molecule has 1 atom stereocenters. The molecule has 1 amide bonds. The van der Waals surface area contributed by atoms with Crippen LogP contribution in [-0.2, 0) is 11.2 Å². The van der Waals surface area contributed by atoms with E-state index in [4.69, 9.17) is 4.74 Å². The zero-order valence-electron chi connectivity index (χ0n) is 18.0. The molecule has 0 aromatic heterocycles. The summed E-state index contributed by atoms with van der Waals surface area (Å²) in [6, 6.07) is 5.85. The third-order valence-electron chi connectivity index (χ3n) is 5.71. The summed E-state index contributed by atoms with van der Waals surface area (Å²) in [5.74, 6) is 0.311. The molecule has 1 unspecified atom stereocenters. The number of allylic oxidation sites excluding steroid dienone is 2. The van der Waals surface area contributed by atoms with Crippen LogP contribution in [0.2, 0.25) is 0 Å². The highest BCUT2D eigenvalue weighted by Crippen LogP contribution is 2.40. The zero-order chi connectivity index (χ0) is 21.7. The lowest BCUT2D eigenvalue weighted by Gasteiger charge is -2.33. The quantitative estimate of drug-likeness (QED) is 0.563. The van der Waals surface area contributed by atoms with Gasteiger partial charge in [-0.2, -0.15) is 0 Å². The van der Waals surface area contributed by atoms with E-state index in [1.165, 1.54) is 27.8 Å². The maximum atomic E-state index is 12.1.